The fourth-order valence-electron chi connectivity index (χ4n) is 4.62. The van der Waals surface area contributed by atoms with Crippen molar-refractivity contribution >= 4 is 22.6 Å². The standard InChI is InChI=1S/C25H22F2N2O2/c1-28-14-19-13-17(6-9-22(19)24(28)31)20-5-2-4-16-12-18(7-8-21(16)20)23(30)29-11-3-10-25(26,27)15-29/h2,4-9,12-13H,3,10-11,14-15H2,1H3. The van der Waals surface area contributed by atoms with Crippen molar-refractivity contribution in [2.24, 2.45) is 0 Å². The monoisotopic (exact) mass is 420 g/mol. The van der Waals surface area contributed by atoms with Gasteiger partial charge in [0.1, 0.15) is 0 Å². The highest BCUT2D eigenvalue weighted by Crippen LogP contribution is 2.33. The van der Waals surface area contributed by atoms with Crippen LogP contribution in [0.2, 0.25) is 0 Å². The third kappa shape index (κ3) is 3.46. The van der Waals surface area contributed by atoms with Gasteiger partial charge in [-0.1, -0.05) is 30.3 Å². The van der Waals surface area contributed by atoms with Crippen LogP contribution in [0.15, 0.2) is 54.6 Å². The summed E-state index contributed by atoms with van der Waals surface area (Å²) in [5.41, 5.74) is 4.16. The van der Waals surface area contributed by atoms with Crippen LogP contribution < -0.4 is 0 Å². The first-order valence-electron chi connectivity index (χ1n) is 10.4. The van der Waals surface area contributed by atoms with E-state index in [1.165, 1.54) is 4.90 Å². The van der Waals surface area contributed by atoms with E-state index in [0.29, 0.717) is 25.1 Å². The Morgan fingerprint density at radius 3 is 2.68 bits per heavy atom. The van der Waals surface area contributed by atoms with Crippen LogP contribution in [0.3, 0.4) is 0 Å². The highest BCUT2D eigenvalue weighted by molar-refractivity contribution is 6.04. The van der Waals surface area contributed by atoms with Gasteiger partial charge in [0, 0.05) is 37.7 Å². The highest BCUT2D eigenvalue weighted by Gasteiger charge is 2.37. The van der Waals surface area contributed by atoms with Crippen LogP contribution in [0.5, 0.6) is 0 Å². The van der Waals surface area contributed by atoms with E-state index in [0.717, 1.165) is 33.0 Å². The molecule has 0 atom stereocenters. The number of halogens is 2. The van der Waals surface area contributed by atoms with Crippen molar-refractivity contribution in [1.29, 1.82) is 0 Å². The molecule has 0 bridgehead atoms. The third-order valence-corrected chi connectivity index (χ3v) is 6.21. The fraction of sp³-hybridized carbons (Fsp3) is 0.280. The summed E-state index contributed by atoms with van der Waals surface area (Å²) in [6, 6.07) is 17.1. The Kier molecular flexibility index (Phi) is 4.54. The molecule has 4 nitrogen and oxygen atoms in total. The molecule has 2 amide bonds. The van der Waals surface area contributed by atoms with Crippen molar-refractivity contribution in [3.63, 3.8) is 0 Å². The van der Waals surface area contributed by atoms with Crippen molar-refractivity contribution in [3.05, 3.63) is 71.3 Å². The van der Waals surface area contributed by atoms with Gasteiger partial charge >= 0.3 is 0 Å². The van der Waals surface area contributed by atoms with Gasteiger partial charge in [-0.3, -0.25) is 9.59 Å². The van der Waals surface area contributed by atoms with Gasteiger partial charge in [-0.05, 0) is 58.1 Å². The quantitative estimate of drug-likeness (QED) is 0.588. The molecule has 2 heterocycles. The molecule has 6 heteroatoms. The second kappa shape index (κ2) is 7.15. The zero-order chi connectivity index (χ0) is 21.8. The van der Waals surface area contributed by atoms with Gasteiger partial charge in [-0.25, -0.2) is 8.78 Å². The molecule has 1 saturated heterocycles. The summed E-state index contributed by atoms with van der Waals surface area (Å²) in [7, 11) is 1.79. The second-order valence-electron chi connectivity index (χ2n) is 8.46. The van der Waals surface area contributed by atoms with Crippen LogP contribution >= 0.6 is 0 Å². The molecule has 5 rings (SSSR count). The van der Waals surface area contributed by atoms with E-state index < -0.39 is 12.5 Å². The molecule has 0 unspecified atom stereocenters. The molecule has 0 spiro atoms. The molecule has 0 radical (unpaired) electrons. The lowest BCUT2D eigenvalue weighted by Gasteiger charge is -2.32. The van der Waals surface area contributed by atoms with E-state index >= 15 is 0 Å². The lowest BCUT2D eigenvalue weighted by molar-refractivity contribution is -0.0560. The van der Waals surface area contributed by atoms with Crippen molar-refractivity contribution in [2.75, 3.05) is 20.1 Å². The lowest BCUT2D eigenvalue weighted by atomic mass is 9.94. The molecule has 0 aliphatic carbocycles. The van der Waals surface area contributed by atoms with E-state index in [-0.39, 0.29) is 18.2 Å². The Labute approximate surface area is 179 Å². The number of hydrogen-bond acceptors (Lipinski definition) is 2. The zero-order valence-electron chi connectivity index (χ0n) is 17.2. The maximum atomic E-state index is 13.7. The molecule has 1 fully saturated rings. The van der Waals surface area contributed by atoms with E-state index in [2.05, 4.69) is 0 Å². The number of amides is 2. The molecule has 2 aliphatic rings. The fourth-order valence-corrected chi connectivity index (χ4v) is 4.62. The number of benzene rings is 3. The Morgan fingerprint density at radius 1 is 1.03 bits per heavy atom. The van der Waals surface area contributed by atoms with Crippen LogP contribution in [-0.2, 0) is 6.54 Å². The van der Waals surface area contributed by atoms with Crippen LogP contribution in [0, 0.1) is 0 Å². The largest absolute Gasteiger partial charge is 0.337 e. The van der Waals surface area contributed by atoms with E-state index in [4.69, 9.17) is 0 Å². The van der Waals surface area contributed by atoms with Crippen molar-refractivity contribution in [2.45, 2.75) is 25.3 Å². The van der Waals surface area contributed by atoms with Gasteiger partial charge in [0.25, 0.3) is 17.7 Å². The first kappa shape index (κ1) is 19.7. The smallest absolute Gasteiger partial charge is 0.265 e. The number of fused-ring (bicyclic) bond motifs is 2. The molecular weight excluding hydrogens is 398 g/mol. The van der Waals surface area contributed by atoms with E-state index in [9.17, 15) is 18.4 Å². The average Bonchev–Trinajstić information content (AvgIpc) is 3.04. The third-order valence-electron chi connectivity index (χ3n) is 6.21. The molecule has 31 heavy (non-hydrogen) atoms. The second-order valence-corrected chi connectivity index (χ2v) is 8.46. The minimum Gasteiger partial charge on any atom is -0.337 e. The van der Waals surface area contributed by atoms with Gasteiger partial charge in [0.2, 0.25) is 0 Å². The van der Waals surface area contributed by atoms with Crippen molar-refractivity contribution in [3.8, 4) is 11.1 Å². The summed E-state index contributed by atoms with van der Waals surface area (Å²) < 4.78 is 27.5. The van der Waals surface area contributed by atoms with Gasteiger partial charge in [-0.2, -0.15) is 0 Å². The number of piperidine rings is 1. The number of rotatable bonds is 2. The highest BCUT2D eigenvalue weighted by atomic mass is 19.3. The topological polar surface area (TPSA) is 40.6 Å². The van der Waals surface area contributed by atoms with E-state index in [1.807, 2.05) is 42.5 Å². The normalized spacial score (nSPS) is 17.8. The number of likely N-dealkylation sites (tertiary alicyclic amines) is 1. The Hall–Kier alpha value is -3.28. The summed E-state index contributed by atoms with van der Waals surface area (Å²) >= 11 is 0. The Bertz CT molecular complexity index is 1220. The minimum atomic E-state index is -2.82. The zero-order valence-corrected chi connectivity index (χ0v) is 17.2. The predicted molar refractivity (Wildman–Crippen MR) is 115 cm³/mol. The summed E-state index contributed by atoms with van der Waals surface area (Å²) in [5.74, 6) is -3.14. The predicted octanol–water partition coefficient (Wildman–Crippen LogP) is 4.96. The Morgan fingerprint density at radius 2 is 1.87 bits per heavy atom. The maximum Gasteiger partial charge on any atom is 0.265 e. The molecule has 2 aliphatic heterocycles. The summed E-state index contributed by atoms with van der Waals surface area (Å²) in [6.07, 6.45) is 0.145. The maximum absolute atomic E-state index is 13.7. The Balaban J connectivity index is 1.50. The van der Waals surface area contributed by atoms with Gasteiger partial charge < -0.3 is 9.80 Å². The lowest BCUT2D eigenvalue weighted by Crippen LogP contribution is -2.45. The van der Waals surface area contributed by atoms with Crippen molar-refractivity contribution < 1.29 is 18.4 Å². The van der Waals surface area contributed by atoms with Gasteiger partial charge in [0.05, 0.1) is 6.54 Å². The molecular formula is C25H22F2N2O2. The molecule has 0 aromatic heterocycles. The first-order valence-corrected chi connectivity index (χ1v) is 10.4. The number of alkyl halides is 2. The van der Waals surface area contributed by atoms with Gasteiger partial charge in [-0.15, -0.1) is 0 Å². The summed E-state index contributed by atoms with van der Waals surface area (Å²) in [4.78, 5) is 27.9. The molecule has 158 valence electrons. The molecule has 3 aromatic carbocycles. The van der Waals surface area contributed by atoms with Gasteiger partial charge in [0.15, 0.2) is 0 Å². The number of hydrogen-bond donors (Lipinski definition) is 0. The summed E-state index contributed by atoms with van der Waals surface area (Å²) in [6.45, 7) is 0.423. The number of carbonyl (C=O) groups is 2. The van der Waals surface area contributed by atoms with E-state index in [1.54, 1.807) is 24.1 Å². The number of carbonyl (C=O) groups excluding carboxylic acids is 2. The molecule has 3 aromatic rings. The minimum absolute atomic E-state index is 0.0333. The number of nitrogens with zero attached hydrogens (tertiary/aromatic N) is 2. The van der Waals surface area contributed by atoms with Crippen molar-refractivity contribution in [1.82, 2.24) is 9.80 Å². The molecule has 0 N–H and O–H groups in total. The molecule has 0 saturated carbocycles. The summed E-state index contributed by atoms with van der Waals surface area (Å²) in [5, 5.41) is 1.85. The average molecular weight is 420 g/mol. The van der Waals surface area contributed by atoms with Crippen LogP contribution in [0.1, 0.15) is 39.1 Å². The SMILES string of the molecule is CN1Cc2cc(-c3cccc4cc(C(=O)N5CCCC(F)(F)C5)ccc34)ccc2C1=O. The van der Waals surface area contributed by atoms with Crippen LogP contribution in [0.25, 0.3) is 21.9 Å². The van der Waals surface area contributed by atoms with Crippen LogP contribution in [-0.4, -0.2) is 47.7 Å². The first-order chi connectivity index (χ1) is 14.8. The van der Waals surface area contributed by atoms with Crippen LogP contribution in [0.4, 0.5) is 8.78 Å².